The van der Waals surface area contributed by atoms with Crippen LogP contribution in [0, 0.1) is 0 Å². The fraction of sp³-hybridized carbons (Fsp3) is 0.333. The molecule has 0 saturated heterocycles. The van der Waals surface area contributed by atoms with Gasteiger partial charge < -0.3 is 9.47 Å². The minimum atomic E-state index is -4.92. The number of carbonyl (C=O) groups is 2. The van der Waals surface area contributed by atoms with Crippen molar-refractivity contribution in [3.63, 3.8) is 0 Å². The van der Waals surface area contributed by atoms with Gasteiger partial charge in [0.05, 0.1) is 12.2 Å². The van der Waals surface area contributed by atoms with Crippen molar-refractivity contribution in [2.45, 2.75) is 19.7 Å². The Morgan fingerprint density at radius 3 is 2.50 bits per heavy atom. The van der Waals surface area contributed by atoms with Crippen molar-refractivity contribution in [3.05, 3.63) is 28.2 Å². The molecule has 8 heteroatoms. The van der Waals surface area contributed by atoms with Crippen LogP contribution in [0.3, 0.4) is 0 Å². The number of ether oxygens (including phenoxy) is 2. The smallest absolute Gasteiger partial charge is 0.466 e. The van der Waals surface area contributed by atoms with Gasteiger partial charge in [-0.2, -0.15) is 0 Å². The van der Waals surface area contributed by atoms with Crippen LogP contribution in [0.1, 0.15) is 23.7 Å². The van der Waals surface area contributed by atoms with E-state index in [0.717, 1.165) is 12.1 Å². The van der Waals surface area contributed by atoms with Crippen molar-refractivity contribution in [2.24, 2.45) is 0 Å². The zero-order chi connectivity index (χ0) is 15.3. The fourth-order valence-corrected chi connectivity index (χ4v) is 1.73. The molecule has 0 atom stereocenters. The Balaban J connectivity index is 2.99. The minimum absolute atomic E-state index is 0.0799. The molecule has 4 nitrogen and oxygen atoms in total. The quantitative estimate of drug-likeness (QED) is 0.461. The van der Waals surface area contributed by atoms with Gasteiger partial charge in [0.1, 0.15) is 12.2 Å². The lowest BCUT2D eigenvalue weighted by Crippen LogP contribution is -2.20. The van der Waals surface area contributed by atoms with Gasteiger partial charge >= 0.3 is 12.3 Å². The second-order valence-electron chi connectivity index (χ2n) is 3.59. The molecule has 0 spiro atoms. The minimum Gasteiger partial charge on any atom is -0.466 e. The monoisotopic (exact) mass is 354 g/mol. The van der Waals surface area contributed by atoms with Crippen LogP contribution in [0.2, 0.25) is 0 Å². The standard InChI is InChI=1S/C12H10BrF3O4/c1-2-19-11(18)6-9(17)8-5-7(13)3-4-10(8)20-12(14,15)16/h3-5H,2,6H2,1H3. The topological polar surface area (TPSA) is 52.6 Å². The highest BCUT2D eigenvalue weighted by Gasteiger charge is 2.33. The number of hydrogen-bond donors (Lipinski definition) is 0. The van der Waals surface area contributed by atoms with Crippen LogP contribution in [-0.4, -0.2) is 24.7 Å². The van der Waals surface area contributed by atoms with Crippen molar-refractivity contribution in [1.82, 2.24) is 0 Å². The second-order valence-corrected chi connectivity index (χ2v) is 4.51. The van der Waals surface area contributed by atoms with E-state index in [2.05, 4.69) is 25.4 Å². The van der Waals surface area contributed by atoms with Gasteiger partial charge in [0.2, 0.25) is 0 Å². The number of Topliss-reactive ketones (excluding diaryl/α,β-unsaturated/α-hetero) is 1. The largest absolute Gasteiger partial charge is 0.573 e. The van der Waals surface area contributed by atoms with E-state index < -0.39 is 30.3 Å². The molecule has 0 amide bonds. The Kier molecular flexibility index (Phi) is 5.55. The number of rotatable bonds is 5. The molecule has 0 saturated carbocycles. The summed E-state index contributed by atoms with van der Waals surface area (Å²) in [5.41, 5.74) is -0.343. The molecule has 20 heavy (non-hydrogen) atoms. The first-order valence-electron chi connectivity index (χ1n) is 5.47. The average molecular weight is 355 g/mol. The Morgan fingerprint density at radius 2 is 1.95 bits per heavy atom. The van der Waals surface area contributed by atoms with Crippen LogP contribution < -0.4 is 4.74 Å². The highest BCUT2D eigenvalue weighted by Crippen LogP contribution is 2.29. The predicted molar refractivity (Wildman–Crippen MR) is 66.4 cm³/mol. The molecular formula is C12H10BrF3O4. The van der Waals surface area contributed by atoms with Gasteiger partial charge in [0.25, 0.3) is 0 Å². The van der Waals surface area contributed by atoms with E-state index in [4.69, 9.17) is 0 Å². The van der Waals surface area contributed by atoms with Gasteiger partial charge in [0, 0.05) is 4.47 Å². The Labute approximate surface area is 121 Å². The van der Waals surface area contributed by atoms with E-state index >= 15 is 0 Å². The van der Waals surface area contributed by atoms with Gasteiger partial charge in [-0.15, -0.1) is 13.2 Å². The number of carbonyl (C=O) groups excluding carboxylic acids is 2. The zero-order valence-electron chi connectivity index (χ0n) is 10.3. The molecule has 0 fully saturated rings. The van der Waals surface area contributed by atoms with Crippen molar-refractivity contribution < 1.29 is 32.2 Å². The van der Waals surface area contributed by atoms with E-state index in [1.165, 1.54) is 6.07 Å². The maximum atomic E-state index is 12.2. The Hall–Kier alpha value is -1.57. The first-order valence-corrected chi connectivity index (χ1v) is 6.26. The van der Waals surface area contributed by atoms with E-state index in [1.807, 2.05) is 0 Å². The van der Waals surface area contributed by atoms with E-state index in [1.54, 1.807) is 6.92 Å². The van der Waals surface area contributed by atoms with Crippen LogP contribution >= 0.6 is 15.9 Å². The number of ketones is 1. The summed E-state index contributed by atoms with van der Waals surface area (Å²) in [6.07, 6.45) is -5.58. The molecule has 0 aliphatic rings. The number of hydrogen-bond acceptors (Lipinski definition) is 4. The third-order valence-corrected chi connectivity index (χ3v) is 2.57. The van der Waals surface area contributed by atoms with Crippen LogP contribution in [0.25, 0.3) is 0 Å². The summed E-state index contributed by atoms with van der Waals surface area (Å²) < 4.78 is 45.4. The first-order chi connectivity index (χ1) is 9.23. The number of alkyl halides is 3. The molecule has 1 aromatic rings. The molecule has 1 rings (SSSR count). The average Bonchev–Trinajstić information content (AvgIpc) is 2.29. The summed E-state index contributed by atoms with van der Waals surface area (Å²) in [6.45, 7) is 1.64. The Bertz CT molecular complexity index is 514. The molecule has 110 valence electrons. The van der Waals surface area contributed by atoms with Crippen LogP contribution in [0.4, 0.5) is 13.2 Å². The predicted octanol–water partition coefficient (Wildman–Crippen LogP) is 3.48. The summed E-state index contributed by atoms with van der Waals surface area (Å²) in [5, 5.41) is 0. The molecule has 0 aliphatic heterocycles. The van der Waals surface area contributed by atoms with Crippen LogP contribution in [-0.2, 0) is 9.53 Å². The van der Waals surface area contributed by atoms with Crippen molar-refractivity contribution in [3.8, 4) is 5.75 Å². The molecule has 0 unspecified atom stereocenters. The Morgan fingerprint density at radius 1 is 1.30 bits per heavy atom. The molecule has 0 bridgehead atoms. The summed E-state index contributed by atoms with van der Waals surface area (Å²) in [4.78, 5) is 23.0. The second kappa shape index (κ2) is 6.74. The lowest BCUT2D eigenvalue weighted by Gasteiger charge is -2.12. The van der Waals surface area contributed by atoms with Gasteiger partial charge in [-0.1, -0.05) is 15.9 Å². The molecule has 0 N–H and O–H groups in total. The zero-order valence-corrected chi connectivity index (χ0v) is 11.9. The normalized spacial score (nSPS) is 11.1. The highest BCUT2D eigenvalue weighted by molar-refractivity contribution is 9.10. The van der Waals surface area contributed by atoms with E-state index in [0.29, 0.717) is 4.47 Å². The van der Waals surface area contributed by atoms with Crippen LogP contribution in [0.15, 0.2) is 22.7 Å². The SMILES string of the molecule is CCOC(=O)CC(=O)c1cc(Br)ccc1OC(F)(F)F. The summed E-state index contributed by atoms with van der Waals surface area (Å²) in [7, 11) is 0. The van der Waals surface area contributed by atoms with Gasteiger partial charge in [0.15, 0.2) is 5.78 Å². The maximum absolute atomic E-state index is 12.2. The van der Waals surface area contributed by atoms with Crippen molar-refractivity contribution in [1.29, 1.82) is 0 Å². The van der Waals surface area contributed by atoms with E-state index in [-0.39, 0.29) is 12.2 Å². The third-order valence-electron chi connectivity index (χ3n) is 2.08. The highest BCUT2D eigenvalue weighted by atomic mass is 79.9. The summed E-state index contributed by atoms with van der Waals surface area (Å²) >= 11 is 3.04. The van der Waals surface area contributed by atoms with E-state index in [9.17, 15) is 22.8 Å². The van der Waals surface area contributed by atoms with Crippen molar-refractivity contribution >= 4 is 27.7 Å². The van der Waals surface area contributed by atoms with Crippen molar-refractivity contribution in [2.75, 3.05) is 6.61 Å². The molecule has 0 radical (unpaired) electrons. The molecule has 0 aliphatic carbocycles. The molecule has 0 heterocycles. The third kappa shape index (κ3) is 5.20. The first kappa shape index (κ1) is 16.5. The number of benzene rings is 1. The lowest BCUT2D eigenvalue weighted by atomic mass is 10.1. The van der Waals surface area contributed by atoms with Gasteiger partial charge in [-0.25, -0.2) is 0 Å². The van der Waals surface area contributed by atoms with Crippen LogP contribution in [0.5, 0.6) is 5.75 Å². The summed E-state index contributed by atoms with van der Waals surface area (Å²) in [6, 6.07) is 3.45. The lowest BCUT2D eigenvalue weighted by molar-refractivity contribution is -0.274. The molecule has 0 aromatic heterocycles. The fourth-order valence-electron chi connectivity index (χ4n) is 1.37. The number of esters is 1. The molecule has 1 aromatic carbocycles. The van der Waals surface area contributed by atoms with Gasteiger partial charge in [-0.05, 0) is 25.1 Å². The van der Waals surface area contributed by atoms with Gasteiger partial charge in [-0.3, -0.25) is 9.59 Å². The number of halogens is 4. The maximum Gasteiger partial charge on any atom is 0.573 e. The summed E-state index contributed by atoms with van der Waals surface area (Å²) in [5.74, 6) is -2.28. The molecular weight excluding hydrogens is 345 g/mol.